The van der Waals surface area contributed by atoms with Crippen LogP contribution in [0.2, 0.25) is 0 Å². The summed E-state index contributed by atoms with van der Waals surface area (Å²) in [6.07, 6.45) is -1.16. The van der Waals surface area contributed by atoms with Gasteiger partial charge in [-0.3, -0.25) is 9.69 Å². The lowest BCUT2D eigenvalue weighted by atomic mass is 9.86. The molecule has 2 unspecified atom stereocenters. The number of benzene rings is 1. The number of likely N-dealkylation sites (N-methyl/N-ethyl adjacent to an activating group) is 1. The zero-order chi connectivity index (χ0) is 17.7. The third-order valence-electron chi connectivity index (χ3n) is 4.52. The molecular weight excluding hydrogens is 304 g/mol. The number of carbonyl (C=O) groups excluding carboxylic acids is 1. The summed E-state index contributed by atoms with van der Waals surface area (Å²) >= 11 is 0. The van der Waals surface area contributed by atoms with E-state index in [1.807, 2.05) is 24.3 Å². The van der Waals surface area contributed by atoms with E-state index in [0.717, 1.165) is 18.7 Å². The Morgan fingerprint density at radius 1 is 1.38 bits per heavy atom. The number of hydrogen-bond donors (Lipinski definition) is 2. The van der Waals surface area contributed by atoms with Gasteiger partial charge in [0.05, 0.1) is 12.7 Å². The van der Waals surface area contributed by atoms with Crippen LogP contribution in [0.4, 0.5) is 0 Å². The highest BCUT2D eigenvalue weighted by molar-refractivity contribution is 5.81. The second-order valence-electron chi connectivity index (χ2n) is 7.39. The minimum Gasteiger partial charge on any atom is -0.387 e. The predicted molar refractivity (Wildman–Crippen MR) is 95.0 cm³/mol. The number of carbonyl (C=O) groups is 1. The predicted octanol–water partition coefficient (Wildman–Crippen LogP) is 1.85. The van der Waals surface area contributed by atoms with Crippen LogP contribution in [-0.4, -0.2) is 54.8 Å². The molecule has 5 nitrogen and oxygen atoms in total. The number of hydrogen-bond acceptors (Lipinski definition) is 4. The Hall–Kier alpha value is -1.43. The van der Waals surface area contributed by atoms with Crippen LogP contribution in [0, 0.1) is 0 Å². The Kier molecular flexibility index (Phi) is 6.38. The highest BCUT2D eigenvalue weighted by atomic mass is 16.5. The summed E-state index contributed by atoms with van der Waals surface area (Å²) < 4.78 is 5.53. The average Bonchev–Trinajstić information content (AvgIpc) is 2.58. The van der Waals surface area contributed by atoms with Crippen molar-refractivity contribution in [3.05, 3.63) is 35.4 Å². The van der Waals surface area contributed by atoms with Crippen molar-refractivity contribution in [2.45, 2.75) is 45.3 Å². The Morgan fingerprint density at radius 3 is 2.62 bits per heavy atom. The van der Waals surface area contributed by atoms with E-state index in [1.54, 1.807) is 0 Å². The van der Waals surface area contributed by atoms with E-state index in [9.17, 15) is 9.90 Å². The number of amides is 1. The van der Waals surface area contributed by atoms with Crippen molar-refractivity contribution >= 4 is 5.91 Å². The number of aliphatic hydroxyl groups excluding tert-OH is 1. The zero-order valence-electron chi connectivity index (χ0n) is 15.2. The van der Waals surface area contributed by atoms with Crippen molar-refractivity contribution in [2.24, 2.45) is 0 Å². The summed E-state index contributed by atoms with van der Waals surface area (Å²) in [5, 5.41) is 13.1. The lowest BCUT2D eigenvalue weighted by Gasteiger charge is -2.31. The minimum atomic E-state index is -0.714. The molecule has 1 amide bonds. The molecule has 0 bridgehead atoms. The molecule has 134 valence electrons. The maximum atomic E-state index is 12.2. The summed E-state index contributed by atoms with van der Waals surface area (Å²) in [5.74, 6) is -0.154. The third kappa shape index (κ3) is 5.03. The van der Waals surface area contributed by atoms with Gasteiger partial charge in [0.25, 0.3) is 5.91 Å². The van der Waals surface area contributed by atoms with Crippen molar-refractivity contribution in [2.75, 3.05) is 32.8 Å². The minimum absolute atomic E-state index is 0.0845. The molecule has 0 spiro atoms. The first-order valence-electron chi connectivity index (χ1n) is 8.71. The summed E-state index contributed by atoms with van der Waals surface area (Å²) in [6, 6.07) is 7.91. The molecule has 1 aromatic rings. The van der Waals surface area contributed by atoms with Crippen LogP contribution in [0.25, 0.3) is 0 Å². The van der Waals surface area contributed by atoms with Crippen LogP contribution in [0.5, 0.6) is 0 Å². The van der Waals surface area contributed by atoms with Crippen molar-refractivity contribution in [3.8, 4) is 0 Å². The maximum absolute atomic E-state index is 12.2. The normalized spacial score (nSPS) is 20.6. The number of rotatable bonds is 5. The molecule has 0 aromatic heterocycles. The van der Waals surface area contributed by atoms with Crippen LogP contribution in [0.15, 0.2) is 24.3 Å². The van der Waals surface area contributed by atoms with Gasteiger partial charge in [0.2, 0.25) is 0 Å². The second-order valence-corrected chi connectivity index (χ2v) is 7.39. The van der Waals surface area contributed by atoms with Crippen LogP contribution in [0.1, 0.15) is 44.9 Å². The molecule has 1 fully saturated rings. The lowest BCUT2D eigenvalue weighted by Crippen LogP contribution is -2.50. The van der Waals surface area contributed by atoms with Gasteiger partial charge < -0.3 is 15.2 Å². The molecule has 2 rings (SSSR count). The van der Waals surface area contributed by atoms with E-state index >= 15 is 0 Å². The summed E-state index contributed by atoms with van der Waals surface area (Å²) in [6.45, 7) is 11.7. The molecule has 1 heterocycles. The van der Waals surface area contributed by atoms with Gasteiger partial charge in [-0.25, -0.2) is 0 Å². The molecule has 0 radical (unpaired) electrons. The first kappa shape index (κ1) is 18.9. The Morgan fingerprint density at radius 2 is 2.04 bits per heavy atom. The van der Waals surface area contributed by atoms with E-state index in [-0.39, 0.29) is 17.9 Å². The van der Waals surface area contributed by atoms with Crippen LogP contribution in [0.3, 0.4) is 0 Å². The van der Waals surface area contributed by atoms with Gasteiger partial charge in [0, 0.05) is 19.6 Å². The van der Waals surface area contributed by atoms with E-state index < -0.39 is 12.2 Å². The number of nitrogens with one attached hydrogen (secondary N) is 1. The van der Waals surface area contributed by atoms with Gasteiger partial charge in [-0.15, -0.1) is 0 Å². The van der Waals surface area contributed by atoms with Gasteiger partial charge in [-0.1, -0.05) is 52.0 Å². The molecule has 2 atom stereocenters. The first-order valence-corrected chi connectivity index (χ1v) is 8.71. The molecule has 1 aromatic carbocycles. The molecule has 0 saturated carbocycles. The first-order chi connectivity index (χ1) is 11.3. The summed E-state index contributed by atoms with van der Waals surface area (Å²) in [4.78, 5) is 14.4. The van der Waals surface area contributed by atoms with Gasteiger partial charge in [-0.2, -0.15) is 0 Å². The number of ether oxygens (including phenoxy) is 1. The van der Waals surface area contributed by atoms with Crippen molar-refractivity contribution in [3.63, 3.8) is 0 Å². The SMILES string of the molecule is CCN1CCOC(C(=O)NCC(O)c2ccc(C(C)(C)C)cc2)C1. The number of aliphatic hydroxyl groups is 1. The summed E-state index contributed by atoms with van der Waals surface area (Å²) in [5.41, 5.74) is 2.11. The molecule has 24 heavy (non-hydrogen) atoms. The monoisotopic (exact) mass is 334 g/mol. The average molecular weight is 334 g/mol. The fourth-order valence-corrected chi connectivity index (χ4v) is 2.78. The van der Waals surface area contributed by atoms with E-state index in [4.69, 9.17) is 4.74 Å². The summed E-state index contributed by atoms with van der Waals surface area (Å²) in [7, 11) is 0. The fourth-order valence-electron chi connectivity index (χ4n) is 2.78. The largest absolute Gasteiger partial charge is 0.387 e. The molecular formula is C19H30N2O3. The Labute approximate surface area is 145 Å². The van der Waals surface area contributed by atoms with Gasteiger partial charge in [-0.05, 0) is 23.1 Å². The highest BCUT2D eigenvalue weighted by Gasteiger charge is 2.26. The van der Waals surface area contributed by atoms with E-state index in [0.29, 0.717) is 13.2 Å². The van der Waals surface area contributed by atoms with Gasteiger partial charge >= 0.3 is 0 Å². The molecule has 2 N–H and O–H groups in total. The maximum Gasteiger partial charge on any atom is 0.250 e. The molecule has 1 aliphatic heterocycles. The topological polar surface area (TPSA) is 61.8 Å². The highest BCUT2D eigenvalue weighted by Crippen LogP contribution is 2.23. The quantitative estimate of drug-likeness (QED) is 0.863. The molecule has 1 aliphatic rings. The molecule has 5 heteroatoms. The standard InChI is InChI=1S/C19H30N2O3/c1-5-21-10-11-24-17(13-21)18(23)20-12-16(22)14-6-8-15(9-7-14)19(2,3)4/h6-9,16-17,22H,5,10-13H2,1-4H3,(H,20,23). The van der Waals surface area contributed by atoms with Crippen molar-refractivity contribution < 1.29 is 14.6 Å². The van der Waals surface area contributed by atoms with Crippen molar-refractivity contribution in [1.29, 1.82) is 0 Å². The number of nitrogens with zero attached hydrogens (tertiary/aromatic N) is 1. The smallest absolute Gasteiger partial charge is 0.250 e. The van der Waals surface area contributed by atoms with Crippen LogP contribution in [-0.2, 0) is 14.9 Å². The zero-order valence-corrected chi connectivity index (χ0v) is 15.2. The Bertz CT molecular complexity index is 537. The Balaban J connectivity index is 1.86. The van der Waals surface area contributed by atoms with Gasteiger partial charge in [0.1, 0.15) is 6.10 Å². The van der Waals surface area contributed by atoms with E-state index in [2.05, 4.69) is 37.9 Å². The second kappa shape index (κ2) is 8.10. The van der Waals surface area contributed by atoms with E-state index in [1.165, 1.54) is 5.56 Å². The molecule has 0 aliphatic carbocycles. The third-order valence-corrected chi connectivity index (χ3v) is 4.52. The molecule has 1 saturated heterocycles. The fraction of sp³-hybridized carbons (Fsp3) is 0.632. The van der Waals surface area contributed by atoms with Gasteiger partial charge in [0.15, 0.2) is 0 Å². The number of morpholine rings is 1. The van der Waals surface area contributed by atoms with Crippen LogP contribution < -0.4 is 5.32 Å². The van der Waals surface area contributed by atoms with Crippen LogP contribution >= 0.6 is 0 Å². The lowest BCUT2D eigenvalue weighted by molar-refractivity contribution is -0.138. The van der Waals surface area contributed by atoms with Crippen molar-refractivity contribution in [1.82, 2.24) is 10.2 Å².